The van der Waals surface area contributed by atoms with Crippen LogP contribution in [0.1, 0.15) is 17.3 Å². The monoisotopic (exact) mass is 344 g/mol. The second kappa shape index (κ2) is 7.91. The van der Waals surface area contributed by atoms with Gasteiger partial charge in [0, 0.05) is 11.8 Å². The number of anilines is 1. The van der Waals surface area contributed by atoms with Crippen LogP contribution in [-0.4, -0.2) is 30.0 Å². The molecule has 0 unspecified atom stereocenters. The average Bonchev–Trinajstić information content (AvgIpc) is 2.62. The number of nitrogens with zero attached hydrogens (tertiary/aromatic N) is 1. The molecule has 1 atom stereocenters. The summed E-state index contributed by atoms with van der Waals surface area (Å²) in [5, 5.41) is 13.5. The van der Waals surface area contributed by atoms with Crippen LogP contribution in [0.15, 0.2) is 48.5 Å². The molecule has 25 heavy (non-hydrogen) atoms. The summed E-state index contributed by atoms with van der Waals surface area (Å²) < 4.78 is 10.0. The van der Waals surface area contributed by atoms with Gasteiger partial charge < -0.3 is 14.8 Å². The van der Waals surface area contributed by atoms with Gasteiger partial charge in [-0.25, -0.2) is 4.79 Å². The van der Waals surface area contributed by atoms with Crippen LogP contribution in [0.5, 0.6) is 5.75 Å². The van der Waals surface area contributed by atoms with Crippen LogP contribution in [0, 0.1) is 10.1 Å². The smallest absolute Gasteiger partial charge is 0.345 e. The van der Waals surface area contributed by atoms with Gasteiger partial charge in [-0.3, -0.25) is 14.9 Å². The third-order valence-corrected chi connectivity index (χ3v) is 3.33. The fraction of sp³-hybridized carbons (Fsp3) is 0.176. The van der Waals surface area contributed by atoms with Gasteiger partial charge in [0.2, 0.25) is 0 Å². The number of hydrogen-bond acceptors (Lipinski definition) is 6. The van der Waals surface area contributed by atoms with Crippen molar-refractivity contribution < 1.29 is 24.0 Å². The molecular weight excluding hydrogens is 328 g/mol. The largest absolute Gasteiger partial charge is 0.497 e. The first-order valence-electron chi connectivity index (χ1n) is 7.31. The van der Waals surface area contributed by atoms with Crippen molar-refractivity contribution in [2.75, 3.05) is 12.4 Å². The van der Waals surface area contributed by atoms with E-state index < -0.39 is 22.9 Å². The first-order chi connectivity index (χ1) is 11.9. The van der Waals surface area contributed by atoms with E-state index in [-0.39, 0.29) is 11.3 Å². The Balaban J connectivity index is 2.03. The van der Waals surface area contributed by atoms with E-state index in [1.807, 2.05) is 0 Å². The number of nitro benzene ring substituents is 1. The molecule has 2 aromatic carbocycles. The zero-order chi connectivity index (χ0) is 18.4. The van der Waals surface area contributed by atoms with Gasteiger partial charge in [0.25, 0.3) is 11.6 Å². The van der Waals surface area contributed by atoms with Crippen molar-refractivity contribution in [3.05, 3.63) is 64.2 Å². The van der Waals surface area contributed by atoms with Crippen molar-refractivity contribution in [2.24, 2.45) is 0 Å². The number of nitro groups is 1. The fourth-order valence-electron chi connectivity index (χ4n) is 2.00. The maximum absolute atomic E-state index is 12.1. The van der Waals surface area contributed by atoms with Crippen LogP contribution in [0.3, 0.4) is 0 Å². The molecule has 0 saturated carbocycles. The summed E-state index contributed by atoms with van der Waals surface area (Å²) >= 11 is 0. The molecule has 0 bridgehead atoms. The number of nitrogens with one attached hydrogen (secondary N) is 1. The molecule has 0 aromatic heterocycles. The van der Waals surface area contributed by atoms with E-state index in [0.29, 0.717) is 11.4 Å². The first-order valence-corrected chi connectivity index (χ1v) is 7.31. The molecule has 0 saturated heterocycles. The van der Waals surface area contributed by atoms with Gasteiger partial charge in [-0.15, -0.1) is 0 Å². The SMILES string of the molecule is COc1ccc(NC(=O)[C@H](C)OC(=O)c2ccccc2[N+](=O)[O-])cc1. The molecule has 1 N–H and O–H groups in total. The van der Waals surface area contributed by atoms with Gasteiger partial charge >= 0.3 is 5.97 Å². The quantitative estimate of drug-likeness (QED) is 0.490. The van der Waals surface area contributed by atoms with Crippen molar-refractivity contribution in [1.82, 2.24) is 0 Å². The first kappa shape index (κ1) is 17.9. The van der Waals surface area contributed by atoms with Crippen LogP contribution < -0.4 is 10.1 Å². The minimum atomic E-state index is -1.13. The van der Waals surface area contributed by atoms with Crippen molar-refractivity contribution in [1.29, 1.82) is 0 Å². The van der Waals surface area contributed by atoms with Gasteiger partial charge in [-0.2, -0.15) is 0 Å². The number of benzene rings is 2. The summed E-state index contributed by atoms with van der Waals surface area (Å²) in [5.74, 6) is -0.865. The van der Waals surface area contributed by atoms with Crippen LogP contribution in [0.25, 0.3) is 0 Å². The Morgan fingerprint density at radius 3 is 2.36 bits per heavy atom. The van der Waals surface area contributed by atoms with Crippen LogP contribution >= 0.6 is 0 Å². The topological polar surface area (TPSA) is 108 Å². The van der Waals surface area contributed by atoms with E-state index in [0.717, 1.165) is 0 Å². The molecule has 0 heterocycles. The van der Waals surface area contributed by atoms with E-state index in [4.69, 9.17) is 9.47 Å². The average molecular weight is 344 g/mol. The molecular formula is C17H16N2O6. The van der Waals surface area contributed by atoms with Crippen LogP contribution in [-0.2, 0) is 9.53 Å². The number of carbonyl (C=O) groups excluding carboxylic acids is 2. The van der Waals surface area contributed by atoms with E-state index >= 15 is 0 Å². The predicted octanol–water partition coefficient (Wildman–Crippen LogP) is 2.79. The van der Waals surface area contributed by atoms with Crippen LogP contribution in [0.2, 0.25) is 0 Å². The highest BCUT2D eigenvalue weighted by molar-refractivity contribution is 5.98. The summed E-state index contributed by atoms with van der Waals surface area (Å²) in [7, 11) is 1.53. The molecule has 130 valence electrons. The number of esters is 1. The highest BCUT2D eigenvalue weighted by Gasteiger charge is 2.24. The molecule has 0 aliphatic rings. The van der Waals surface area contributed by atoms with Crippen molar-refractivity contribution in [3.63, 3.8) is 0 Å². The maximum Gasteiger partial charge on any atom is 0.345 e. The number of hydrogen-bond donors (Lipinski definition) is 1. The Labute approximate surface area is 143 Å². The number of rotatable bonds is 6. The lowest BCUT2D eigenvalue weighted by molar-refractivity contribution is -0.385. The summed E-state index contributed by atoms with van der Waals surface area (Å²) in [5.41, 5.74) is -0.0914. The molecule has 8 nitrogen and oxygen atoms in total. The lowest BCUT2D eigenvalue weighted by Crippen LogP contribution is -2.30. The molecule has 0 aliphatic carbocycles. The minimum Gasteiger partial charge on any atom is -0.497 e. The third-order valence-electron chi connectivity index (χ3n) is 3.33. The van der Waals surface area contributed by atoms with E-state index in [1.54, 1.807) is 24.3 Å². The molecule has 0 radical (unpaired) electrons. The lowest BCUT2D eigenvalue weighted by atomic mass is 10.2. The van der Waals surface area contributed by atoms with Gasteiger partial charge in [-0.05, 0) is 37.3 Å². The van der Waals surface area contributed by atoms with Gasteiger partial charge in [-0.1, -0.05) is 12.1 Å². The standard InChI is InChI=1S/C17H16N2O6/c1-11(16(20)18-12-7-9-13(24-2)10-8-12)25-17(21)14-5-3-4-6-15(14)19(22)23/h3-11H,1-2H3,(H,18,20)/t11-/m0/s1. The Morgan fingerprint density at radius 2 is 1.76 bits per heavy atom. The molecule has 2 aromatic rings. The van der Waals surface area contributed by atoms with Gasteiger partial charge in [0.1, 0.15) is 11.3 Å². The number of carbonyl (C=O) groups is 2. The number of amides is 1. The number of ether oxygens (including phenoxy) is 2. The van der Waals surface area contributed by atoms with Crippen molar-refractivity contribution in [2.45, 2.75) is 13.0 Å². The third kappa shape index (κ3) is 4.54. The molecule has 2 rings (SSSR count). The lowest BCUT2D eigenvalue weighted by Gasteiger charge is -2.13. The Bertz CT molecular complexity index is 788. The van der Waals surface area contributed by atoms with Crippen molar-refractivity contribution in [3.8, 4) is 5.75 Å². The predicted molar refractivity (Wildman–Crippen MR) is 89.6 cm³/mol. The minimum absolute atomic E-state index is 0.211. The number of methoxy groups -OCH3 is 1. The highest BCUT2D eigenvalue weighted by Crippen LogP contribution is 2.20. The van der Waals surface area contributed by atoms with E-state index in [2.05, 4.69) is 5.32 Å². The highest BCUT2D eigenvalue weighted by atomic mass is 16.6. The Kier molecular flexibility index (Phi) is 5.67. The Morgan fingerprint density at radius 1 is 1.12 bits per heavy atom. The molecule has 0 spiro atoms. The van der Waals surface area contributed by atoms with Gasteiger partial charge in [0.05, 0.1) is 12.0 Å². The molecule has 0 aliphatic heterocycles. The van der Waals surface area contributed by atoms with Crippen LogP contribution in [0.4, 0.5) is 11.4 Å². The normalized spacial score (nSPS) is 11.3. The second-order valence-corrected chi connectivity index (χ2v) is 5.04. The molecule has 0 fully saturated rings. The summed E-state index contributed by atoms with van der Waals surface area (Å²) in [4.78, 5) is 34.5. The maximum atomic E-state index is 12.1. The fourth-order valence-corrected chi connectivity index (χ4v) is 2.00. The second-order valence-electron chi connectivity index (χ2n) is 5.04. The van der Waals surface area contributed by atoms with E-state index in [9.17, 15) is 19.7 Å². The summed E-state index contributed by atoms with van der Waals surface area (Å²) in [6, 6.07) is 12.0. The Hall–Kier alpha value is -3.42. The number of para-hydroxylation sites is 1. The molecule has 8 heteroatoms. The zero-order valence-corrected chi connectivity index (χ0v) is 13.6. The molecule has 1 amide bonds. The van der Waals surface area contributed by atoms with E-state index in [1.165, 1.54) is 38.3 Å². The van der Waals surface area contributed by atoms with Crippen molar-refractivity contribution >= 4 is 23.3 Å². The van der Waals surface area contributed by atoms with Gasteiger partial charge in [0.15, 0.2) is 6.10 Å². The summed E-state index contributed by atoms with van der Waals surface area (Å²) in [6.45, 7) is 1.38. The zero-order valence-electron chi connectivity index (χ0n) is 13.6. The summed E-state index contributed by atoms with van der Waals surface area (Å²) in [6.07, 6.45) is -1.13.